The van der Waals surface area contributed by atoms with Gasteiger partial charge in [-0.2, -0.15) is 5.10 Å². The number of benzene rings is 2. The van der Waals surface area contributed by atoms with Crippen molar-refractivity contribution in [2.75, 3.05) is 6.54 Å². The van der Waals surface area contributed by atoms with Gasteiger partial charge in [-0.1, -0.05) is 48.5 Å². The molecular formula is C22H23N3O. The maximum atomic E-state index is 11.9. The fraction of sp³-hybridized carbons (Fsp3) is 0.182. The number of para-hydroxylation sites is 1. The van der Waals surface area contributed by atoms with E-state index in [1.807, 2.05) is 78.3 Å². The monoisotopic (exact) mass is 345 g/mol. The van der Waals surface area contributed by atoms with Crippen LogP contribution in [-0.4, -0.2) is 22.2 Å². The van der Waals surface area contributed by atoms with Crippen LogP contribution in [0.3, 0.4) is 0 Å². The Bertz CT molecular complexity index is 867. The Kier molecular flexibility index (Phi) is 5.99. The summed E-state index contributed by atoms with van der Waals surface area (Å²) < 4.78 is 1.91. The van der Waals surface area contributed by atoms with Crippen LogP contribution in [0.25, 0.3) is 11.8 Å². The van der Waals surface area contributed by atoms with Gasteiger partial charge in [0.25, 0.3) is 0 Å². The third kappa shape index (κ3) is 4.93. The summed E-state index contributed by atoms with van der Waals surface area (Å²) in [4.78, 5) is 11.9. The number of hydrogen-bond acceptors (Lipinski definition) is 2. The molecule has 0 aliphatic rings. The van der Waals surface area contributed by atoms with E-state index in [1.165, 1.54) is 5.56 Å². The van der Waals surface area contributed by atoms with Crippen molar-refractivity contribution >= 4 is 12.0 Å². The molecule has 0 unspecified atom stereocenters. The highest BCUT2D eigenvalue weighted by Crippen LogP contribution is 2.13. The van der Waals surface area contributed by atoms with Crippen LogP contribution in [0.15, 0.2) is 72.9 Å². The Balaban J connectivity index is 1.46. The first-order valence-corrected chi connectivity index (χ1v) is 8.84. The predicted octanol–water partition coefficient (Wildman–Crippen LogP) is 3.94. The van der Waals surface area contributed by atoms with E-state index < -0.39 is 0 Å². The number of hydrogen-bond donors (Lipinski definition) is 1. The Hall–Kier alpha value is -3.14. The van der Waals surface area contributed by atoms with Crippen molar-refractivity contribution in [1.82, 2.24) is 15.1 Å². The number of carbonyl (C=O) groups is 1. The van der Waals surface area contributed by atoms with Crippen LogP contribution in [0.5, 0.6) is 0 Å². The molecule has 4 nitrogen and oxygen atoms in total. The lowest BCUT2D eigenvalue weighted by Gasteiger charge is -2.02. The van der Waals surface area contributed by atoms with E-state index in [0.29, 0.717) is 6.54 Å². The van der Waals surface area contributed by atoms with E-state index in [0.717, 1.165) is 29.8 Å². The highest BCUT2D eigenvalue weighted by molar-refractivity contribution is 5.91. The quantitative estimate of drug-likeness (QED) is 0.521. The van der Waals surface area contributed by atoms with Gasteiger partial charge in [0.2, 0.25) is 5.91 Å². The Labute approximate surface area is 154 Å². The maximum Gasteiger partial charge on any atom is 0.243 e. The van der Waals surface area contributed by atoms with Gasteiger partial charge >= 0.3 is 0 Å². The summed E-state index contributed by atoms with van der Waals surface area (Å²) in [7, 11) is 0. The fourth-order valence-corrected chi connectivity index (χ4v) is 2.74. The van der Waals surface area contributed by atoms with Crippen LogP contribution < -0.4 is 5.32 Å². The molecule has 0 atom stereocenters. The summed E-state index contributed by atoms with van der Waals surface area (Å²) in [5.74, 6) is -0.0643. The van der Waals surface area contributed by atoms with Crippen molar-refractivity contribution in [3.8, 4) is 5.69 Å². The van der Waals surface area contributed by atoms with E-state index in [9.17, 15) is 4.79 Å². The molecule has 0 radical (unpaired) electrons. The summed E-state index contributed by atoms with van der Waals surface area (Å²) in [6, 6.07) is 19.9. The topological polar surface area (TPSA) is 46.9 Å². The lowest BCUT2D eigenvalue weighted by Crippen LogP contribution is -2.22. The zero-order valence-electron chi connectivity index (χ0n) is 14.9. The third-order valence-corrected chi connectivity index (χ3v) is 4.17. The van der Waals surface area contributed by atoms with Crippen LogP contribution in [0.2, 0.25) is 0 Å². The van der Waals surface area contributed by atoms with Gasteiger partial charge in [0.05, 0.1) is 11.4 Å². The van der Waals surface area contributed by atoms with E-state index in [4.69, 9.17) is 0 Å². The summed E-state index contributed by atoms with van der Waals surface area (Å²) in [6.07, 6.45) is 7.24. The number of rotatable bonds is 7. The molecule has 0 bridgehead atoms. The van der Waals surface area contributed by atoms with Gasteiger partial charge in [0, 0.05) is 18.8 Å². The fourth-order valence-electron chi connectivity index (χ4n) is 2.74. The van der Waals surface area contributed by atoms with E-state index >= 15 is 0 Å². The highest BCUT2D eigenvalue weighted by atomic mass is 16.1. The molecule has 1 aromatic heterocycles. The average molecular weight is 345 g/mol. The Morgan fingerprint density at radius 3 is 2.50 bits per heavy atom. The summed E-state index contributed by atoms with van der Waals surface area (Å²) in [5.41, 5.74) is 4.32. The van der Waals surface area contributed by atoms with Crippen molar-refractivity contribution in [3.63, 3.8) is 0 Å². The minimum absolute atomic E-state index is 0.0643. The lowest BCUT2D eigenvalue weighted by atomic mass is 10.1. The van der Waals surface area contributed by atoms with Gasteiger partial charge in [0.15, 0.2) is 0 Å². The molecule has 2 aromatic carbocycles. The molecule has 1 N–H and O–H groups in total. The molecule has 0 fully saturated rings. The number of nitrogens with one attached hydrogen (secondary N) is 1. The molecule has 3 rings (SSSR count). The van der Waals surface area contributed by atoms with Crippen molar-refractivity contribution in [3.05, 3.63) is 89.8 Å². The Morgan fingerprint density at radius 2 is 1.77 bits per heavy atom. The number of aryl methyl sites for hydroxylation is 2. The van der Waals surface area contributed by atoms with Crippen molar-refractivity contribution < 1.29 is 4.79 Å². The molecule has 0 aliphatic heterocycles. The molecule has 26 heavy (non-hydrogen) atoms. The van der Waals surface area contributed by atoms with Gasteiger partial charge in [0.1, 0.15) is 0 Å². The number of amides is 1. The van der Waals surface area contributed by atoms with Gasteiger partial charge in [-0.25, -0.2) is 4.68 Å². The molecule has 0 spiro atoms. The first kappa shape index (κ1) is 17.7. The Morgan fingerprint density at radius 1 is 1.08 bits per heavy atom. The van der Waals surface area contributed by atoms with Crippen LogP contribution in [0, 0.1) is 6.92 Å². The molecule has 3 aromatic rings. The maximum absolute atomic E-state index is 11.9. The zero-order chi connectivity index (χ0) is 18.2. The van der Waals surface area contributed by atoms with E-state index in [1.54, 1.807) is 6.08 Å². The van der Waals surface area contributed by atoms with Crippen molar-refractivity contribution in [2.24, 2.45) is 0 Å². The van der Waals surface area contributed by atoms with Gasteiger partial charge in [-0.05, 0) is 49.1 Å². The van der Waals surface area contributed by atoms with Crippen LogP contribution >= 0.6 is 0 Å². The normalized spacial score (nSPS) is 11.0. The van der Waals surface area contributed by atoms with Crippen LogP contribution in [0.1, 0.15) is 23.2 Å². The largest absolute Gasteiger partial charge is 0.353 e. The molecule has 0 saturated carbocycles. The lowest BCUT2D eigenvalue weighted by molar-refractivity contribution is -0.116. The van der Waals surface area contributed by atoms with E-state index in [2.05, 4.69) is 16.6 Å². The van der Waals surface area contributed by atoms with E-state index in [-0.39, 0.29) is 5.91 Å². The molecule has 1 heterocycles. The number of carbonyl (C=O) groups excluding carboxylic acids is 1. The average Bonchev–Trinajstić information content (AvgIpc) is 3.06. The predicted molar refractivity (Wildman–Crippen MR) is 105 cm³/mol. The first-order valence-electron chi connectivity index (χ1n) is 8.84. The number of aromatic nitrogens is 2. The van der Waals surface area contributed by atoms with Crippen molar-refractivity contribution in [2.45, 2.75) is 19.8 Å². The van der Waals surface area contributed by atoms with Crippen molar-refractivity contribution in [1.29, 1.82) is 0 Å². The van der Waals surface area contributed by atoms with Gasteiger partial charge < -0.3 is 5.32 Å². The zero-order valence-corrected chi connectivity index (χ0v) is 14.9. The standard InChI is InChI=1S/C22H23N3O/c1-18-20(17-25(24-18)21-12-6-3-7-13-21)11-8-16-23-22(26)15-14-19-9-4-2-5-10-19/h2-7,9-10,12-15,17H,8,11,16H2,1H3,(H,23,26). The van der Waals surface area contributed by atoms with Crippen LogP contribution in [-0.2, 0) is 11.2 Å². The van der Waals surface area contributed by atoms with Gasteiger partial charge in [-0.15, -0.1) is 0 Å². The minimum Gasteiger partial charge on any atom is -0.353 e. The third-order valence-electron chi connectivity index (χ3n) is 4.17. The molecule has 132 valence electrons. The first-order chi connectivity index (χ1) is 12.7. The molecule has 4 heteroatoms. The SMILES string of the molecule is Cc1nn(-c2ccccc2)cc1CCCNC(=O)C=Cc1ccccc1. The van der Waals surface area contributed by atoms with Crippen LogP contribution in [0.4, 0.5) is 0 Å². The molecular weight excluding hydrogens is 322 g/mol. The summed E-state index contributed by atoms with van der Waals surface area (Å²) in [6.45, 7) is 2.67. The summed E-state index contributed by atoms with van der Waals surface area (Å²) in [5, 5.41) is 7.50. The second-order valence-electron chi connectivity index (χ2n) is 6.16. The molecule has 0 saturated heterocycles. The highest BCUT2D eigenvalue weighted by Gasteiger charge is 2.06. The smallest absolute Gasteiger partial charge is 0.243 e. The molecule has 1 amide bonds. The number of nitrogens with zero attached hydrogens (tertiary/aromatic N) is 2. The second-order valence-corrected chi connectivity index (χ2v) is 6.16. The molecule has 0 aliphatic carbocycles. The minimum atomic E-state index is -0.0643. The van der Waals surface area contributed by atoms with Gasteiger partial charge in [-0.3, -0.25) is 4.79 Å². The second kappa shape index (κ2) is 8.81. The summed E-state index contributed by atoms with van der Waals surface area (Å²) >= 11 is 0.